The smallest absolute Gasteiger partial charge is 0.273 e. The Morgan fingerprint density at radius 3 is 2.95 bits per heavy atom. The minimum Gasteiger partial charge on any atom is -0.379 e. The van der Waals surface area contributed by atoms with Gasteiger partial charge in [0.05, 0.1) is 19.8 Å². The normalized spacial score (nSPS) is 23.7. The van der Waals surface area contributed by atoms with Gasteiger partial charge in [-0.3, -0.25) is 9.69 Å². The molecule has 2 fully saturated rings. The summed E-state index contributed by atoms with van der Waals surface area (Å²) in [5, 5.41) is 2.97. The predicted molar refractivity (Wildman–Crippen MR) is 87.2 cm³/mol. The zero-order valence-electron chi connectivity index (χ0n) is 13.3. The molecule has 1 atom stereocenters. The van der Waals surface area contributed by atoms with E-state index in [1.807, 2.05) is 10.3 Å². The first-order valence-electron chi connectivity index (χ1n) is 8.33. The van der Waals surface area contributed by atoms with Crippen molar-refractivity contribution in [3.63, 3.8) is 0 Å². The van der Waals surface area contributed by atoms with Crippen molar-refractivity contribution in [2.75, 3.05) is 32.8 Å². The van der Waals surface area contributed by atoms with Crippen molar-refractivity contribution in [3.05, 3.63) is 16.1 Å². The molecule has 2 saturated heterocycles. The monoisotopic (exact) mass is 323 g/mol. The van der Waals surface area contributed by atoms with Gasteiger partial charge in [-0.15, -0.1) is 11.3 Å². The third-order valence-electron chi connectivity index (χ3n) is 4.59. The molecule has 6 heteroatoms. The first-order valence-corrected chi connectivity index (χ1v) is 9.21. The summed E-state index contributed by atoms with van der Waals surface area (Å²) in [6.07, 6.45) is 4.53. The lowest BCUT2D eigenvalue weighted by atomic mass is 10.00. The maximum absolute atomic E-state index is 12.7. The number of nitrogens with zero attached hydrogens (tertiary/aromatic N) is 3. The van der Waals surface area contributed by atoms with Crippen LogP contribution in [0, 0.1) is 0 Å². The topological polar surface area (TPSA) is 45.7 Å². The molecular formula is C16H25N3O2S. The summed E-state index contributed by atoms with van der Waals surface area (Å²) < 4.78 is 5.36. The van der Waals surface area contributed by atoms with Gasteiger partial charge in [-0.1, -0.05) is 6.92 Å². The van der Waals surface area contributed by atoms with Crippen LogP contribution in [0.5, 0.6) is 0 Å². The van der Waals surface area contributed by atoms with E-state index in [0.717, 1.165) is 63.7 Å². The molecule has 1 aromatic heterocycles. The molecule has 1 aromatic rings. The average molecular weight is 323 g/mol. The van der Waals surface area contributed by atoms with Crippen LogP contribution in [-0.4, -0.2) is 59.6 Å². The van der Waals surface area contributed by atoms with Crippen LogP contribution >= 0.6 is 11.3 Å². The van der Waals surface area contributed by atoms with Crippen molar-refractivity contribution in [2.24, 2.45) is 0 Å². The molecule has 0 bridgehead atoms. The molecule has 5 nitrogen and oxygen atoms in total. The zero-order chi connectivity index (χ0) is 15.4. The molecule has 2 aliphatic rings. The highest BCUT2D eigenvalue weighted by atomic mass is 32.1. The highest BCUT2D eigenvalue weighted by molar-refractivity contribution is 7.09. The zero-order valence-corrected chi connectivity index (χ0v) is 14.1. The summed E-state index contributed by atoms with van der Waals surface area (Å²) in [5.41, 5.74) is 0.633. The Kier molecular flexibility index (Phi) is 5.44. The second-order valence-corrected chi connectivity index (χ2v) is 7.01. The van der Waals surface area contributed by atoms with Gasteiger partial charge in [0.1, 0.15) is 10.7 Å². The van der Waals surface area contributed by atoms with E-state index in [1.54, 1.807) is 11.3 Å². The fourth-order valence-electron chi connectivity index (χ4n) is 3.27. The van der Waals surface area contributed by atoms with Gasteiger partial charge >= 0.3 is 0 Å². The van der Waals surface area contributed by atoms with Crippen molar-refractivity contribution in [1.29, 1.82) is 0 Å². The Balaban J connectivity index is 1.63. The van der Waals surface area contributed by atoms with Crippen LogP contribution in [0.2, 0.25) is 0 Å². The molecule has 1 amide bonds. The molecule has 0 radical (unpaired) electrons. The first-order chi connectivity index (χ1) is 10.8. The Morgan fingerprint density at radius 2 is 2.18 bits per heavy atom. The van der Waals surface area contributed by atoms with E-state index in [9.17, 15) is 4.79 Å². The van der Waals surface area contributed by atoms with Crippen LogP contribution in [-0.2, 0) is 11.3 Å². The Morgan fingerprint density at radius 1 is 1.36 bits per heavy atom. The quantitative estimate of drug-likeness (QED) is 0.853. The molecule has 0 aromatic carbocycles. The van der Waals surface area contributed by atoms with E-state index in [1.165, 1.54) is 6.42 Å². The first kappa shape index (κ1) is 15.9. The summed E-state index contributed by atoms with van der Waals surface area (Å²) in [5.74, 6) is 0.121. The summed E-state index contributed by atoms with van der Waals surface area (Å²) in [6.45, 7) is 7.37. The van der Waals surface area contributed by atoms with Gasteiger partial charge in [0, 0.05) is 31.1 Å². The van der Waals surface area contributed by atoms with Gasteiger partial charge in [0.2, 0.25) is 0 Å². The number of likely N-dealkylation sites (tertiary alicyclic amines) is 1. The number of thiazole rings is 1. The highest BCUT2D eigenvalue weighted by Crippen LogP contribution is 2.23. The third kappa shape index (κ3) is 3.67. The van der Waals surface area contributed by atoms with Crippen molar-refractivity contribution in [2.45, 2.75) is 45.2 Å². The van der Waals surface area contributed by atoms with Crippen molar-refractivity contribution >= 4 is 17.2 Å². The molecule has 0 spiro atoms. The van der Waals surface area contributed by atoms with E-state index in [0.29, 0.717) is 11.7 Å². The Bertz CT molecular complexity index is 499. The number of hydrogen-bond donors (Lipinski definition) is 0. The minimum atomic E-state index is 0.121. The maximum Gasteiger partial charge on any atom is 0.273 e. The minimum absolute atomic E-state index is 0.121. The SMILES string of the molecule is CCC1CCCCN1C(=O)c1csc(CN2CCOCC2)n1. The van der Waals surface area contributed by atoms with Crippen LogP contribution in [0.15, 0.2) is 5.38 Å². The van der Waals surface area contributed by atoms with E-state index < -0.39 is 0 Å². The van der Waals surface area contributed by atoms with Gasteiger partial charge in [0.15, 0.2) is 0 Å². The lowest BCUT2D eigenvalue weighted by molar-refractivity contribution is 0.0341. The Labute approximate surface area is 136 Å². The van der Waals surface area contributed by atoms with Crippen LogP contribution in [0.25, 0.3) is 0 Å². The van der Waals surface area contributed by atoms with Crippen LogP contribution < -0.4 is 0 Å². The van der Waals surface area contributed by atoms with Crippen molar-refractivity contribution in [3.8, 4) is 0 Å². The molecular weight excluding hydrogens is 298 g/mol. The number of amides is 1. The highest BCUT2D eigenvalue weighted by Gasteiger charge is 2.27. The number of morpholine rings is 1. The predicted octanol–water partition coefficient (Wildman–Crippen LogP) is 2.38. The lowest BCUT2D eigenvalue weighted by Gasteiger charge is -2.34. The third-order valence-corrected chi connectivity index (χ3v) is 5.43. The summed E-state index contributed by atoms with van der Waals surface area (Å²) in [6, 6.07) is 0.394. The summed E-state index contributed by atoms with van der Waals surface area (Å²) in [4.78, 5) is 21.7. The van der Waals surface area contributed by atoms with E-state index >= 15 is 0 Å². The molecule has 0 aliphatic carbocycles. The van der Waals surface area contributed by atoms with Crippen molar-refractivity contribution in [1.82, 2.24) is 14.8 Å². The standard InChI is InChI=1S/C16H25N3O2S/c1-2-13-5-3-4-6-19(13)16(20)14-12-22-15(17-14)11-18-7-9-21-10-8-18/h12-13H,2-11H2,1H3. The molecule has 0 N–H and O–H groups in total. The maximum atomic E-state index is 12.7. The van der Waals surface area contributed by atoms with E-state index in [-0.39, 0.29) is 5.91 Å². The number of piperidine rings is 1. The van der Waals surface area contributed by atoms with Crippen molar-refractivity contribution < 1.29 is 9.53 Å². The molecule has 122 valence electrons. The molecule has 1 unspecified atom stereocenters. The van der Waals surface area contributed by atoms with Gasteiger partial charge in [-0.25, -0.2) is 4.98 Å². The van der Waals surface area contributed by atoms with E-state index in [2.05, 4.69) is 16.8 Å². The fourth-order valence-corrected chi connectivity index (χ4v) is 4.08. The average Bonchev–Trinajstić information content (AvgIpc) is 3.03. The number of carbonyl (C=O) groups excluding carboxylic acids is 1. The van der Waals surface area contributed by atoms with Crippen LogP contribution in [0.1, 0.15) is 48.1 Å². The largest absolute Gasteiger partial charge is 0.379 e. The molecule has 3 heterocycles. The molecule has 3 rings (SSSR count). The second-order valence-electron chi connectivity index (χ2n) is 6.07. The van der Waals surface area contributed by atoms with Crippen LogP contribution in [0.3, 0.4) is 0 Å². The fraction of sp³-hybridized carbons (Fsp3) is 0.750. The molecule has 22 heavy (non-hydrogen) atoms. The number of carbonyl (C=O) groups is 1. The molecule has 2 aliphatic heterocycles. The Hall–Kier alpha value is -0.980. The van der Waals surface area contributed by atoms with Gasteiger partial charge in [-0.2, -0.15) is 0 Å². The lowest BCUT2D eigenvalue weighted by Crippen LogP contribution is -2.43. The van der Waals surface area contributed by atoms with Gasteiger partial charge in [-0.05, 0) is 25.7 Å². The van der Waals surface area contributed by atoms with Crippen LogP contribution in [0.4, 0.5) is 0 Å². The molecule has 0 saturated carbocycles. The number of aromatic nitrogens is 1. The van der Waals surface area contributed by atoms with Gasteiger partial charge < -0.3 is 9.64 Å². The number of hydrogen-bond acceptors (Lipinski definition) is 5. The number of ether oxygens (including phenoxy) is 1. The second kappa shape index (κ2) is 7.53. The van der Waals surface area contributed by atoms with Gasteiger partial charge in [0.25, 0.3) is 5.91 Å². The number of rotatable bonds is 4. The summed E-state index contributed by atoms with van der Waals surface area (Å²) >= 11 is 1.60. The summed E-state index contributed by atoms with van der Waals surface area (Å²) in [7, 11) is 0. The van der Waals surface area contributed by atoms with E-state index in [4.69, 9.17) is 4.74 Å².